The van der Waals surface area contributed by atoms with Crippen molar-refractivity contribution in [3.05, 3.63) is 42.5 Å². The fourth-order valence-electron chi connectivity index (χ4n) is 1.50. The van der Waals surface area contributed by atoms with Crippen molar-refractivity contribution in [1.29, 1.82) is 0 Å². The number of rotatable bonds is 7. The molecule has 0 spiro atoms. The van der Waals surface area contributed by atoms with Crippen LogP contribution in [0.3, 0.4) is 0 Å². The van der Waals surface area contributed by atoms with Crippen LogP contribution in [0.15, 0.2) is 41.8 Å². The standard InChI is InChI=1S/C13H15NO5S/c1-3-5-12(13(16)17)14-20(18,19)11-7-4-6-10(8-11)9(2)15/h3-4,6-8,12,14H,1,5H2,2H3,(H,16,17). The number of carbonyl (C=O) groups excluding carboxylic acids is 1. The summed E-state index contributed by atoms with van der Waals surface area (Å²) < 4.78 is 26.2. The van der Waals surface area contributed by atoms with E-state index >= 15 is 0 Å². The number of ketones is 1. The number of carbonyl (C=O) groups is 2. The number of carboxylic acids is 1. The maximum atomic E-state index is 12.1. The summed E-state index contributed by atoms with van der Waals surface area (Å²) in [7, 11) is -4.01. The lowest BCUT2D eigenvalue weighted by molar-refractivity contribution is -0.138. The first-order valence-electron chi connectivity index (χ1n) is 5.75. The smallest absolute Gasteiger partial charge is 0.322 e. The monoisotopic (exact) mass is 297 g/mol. The Kier molecular flexibility index (Phi) is 5.18. The molecule has 1 unspecified atom stereocenters. The highest BCUT2D eigenvalue weighted by Gasteiger charge is 2.24. The highest BCUT2D eigenvalue weighted by atomic mass is 32.2. The summed E-state index contributed by atoms with van der Waals surface area (Å²) in [6.45, 7) is 4.70. The van der Waals surface area contributed by atoms with Crippen molar-refractivity contribution in [3.63, 3.8) is 0 Å². The topological polar surface area (TPSA) is 101 Å². The molecule has 0 radical (unpaired) electrons. The molecule has 0 amide bonds. The van der Waals surface area contributed by atoms with Crippen LogP contribution in [0.4, 0.5) is 0 Å². The molecule has 0 fully saturated rings. The number of aliphatic carboxylic acids is 1. The van der Waals surface area contributed by atoms with E-state index in [-0.39, 0.29) is 22.7 Å². The molecule has 7 heteroatoms. The maximum absolute atomic E-state index is 12.1. The minimum atomic E-state index is -4.01. The normalized spacial score (nSPS) is 12.7. The van der Waals surface area contributed by atoms with Gasteiger partial charge in [0.1, 0.15) is 6.04 Å². The van der Waals surface area contributed by atoms with Gasteiger partial charge < -0.3 is 5.11 Å². The van der Waals surface area contributed by atoms with E-state index in [2.05, 4.69) is 11.3 Å². The predicted octanol–water partition coefficient (Wildman–Crippen LogP) is 1.20. The molecule has 1 aromatic carbocycles. The van der Waals surface area contributed by atoms with E-state index in [1.165, 1.54) is 37.3 Å². The van der Waals surface area contributed by atoms with Crippen molar-refractivity contribution in [2.45, 2.75) is 24.3 Å². The number of nitrogens with one attached hydrogen (secondary N) is 1. The van der Waals surface area contributed by atoms with Gasteiger partial charge in [0, 0.05) is 5.56 Å². The molecule has 108 valence electrons. The highest BCUT2D eigenvalue weighted by Crippen LogP contribution is 2.13. The Morgan fingerprint density at radius 3 is 2.60 bits per heavy atom. The van der Waals surface area contributed by atoms with Crippen molar-refractivity contribution < 1.29 is 23.1 Å². The Morgan fingerprint density at radius 1 is 1.45 bits per heavy atom. The number of carboxylic acid groups (broad SMARTS) is 1. The number of benzene rings is 1. The molecule has 1 rings (SSSR count). The zero-order valence-electron chi connectivity index (χ0n) is 10.9. The van der Waals surface area contributed by atoms with Gasteiger partial charge in [0.15, 0.2) is 5.78 Å². The minimum absolute atomic E-state index is 0.0407. The average Bonchev–Trinajstić information content (AvgIpc) is 2.38. The van der Waals surface area contributed by atoms with Gasteiger partial charge >= 0.3 is 5.97 Å². The molecule has 0 aliphatic carbocycles. The van der Waals surface area contributed by atoms with Gasteiger partial charge in [0.2, 0.25) is 10.0 Å². The fraction of sp³-hybridized carbons (Fsp3) is 0.231. The molecule has 0 saturated heterocycles. The maximum Gasteiger partial charge on any atom is 0.322 e. The molecule has 6 nitrogen and oxygen atoms in total. The van der Waals surface area contributed by atoms with E-state index in [0.717, 1.165) is 0 Å². The number of sulfonamides is 1. The Balaban J connectivity index is 3.10. The van der Waals surface area contributed by atoms with Crippen LogP contribution in [0, 0.1) is 0 Å². The van der Waals surface area contributed by atoms with Gasteiger partial charge in [0.05, 0.1) is 4.90 Å². The lowest BCUT2D eigenvalue weighted by Gasteiger charge is -2.13. The summed E-state index contributed by atoms with van der Waals surface area (Å²) in [6, 6.07) is 4.12. The Bertz CT molecular complexity index is 636. The zero-order chi connectivity index (χ0) is 15.3. The van der Waals surface area contributed by atoms with Crippen molar-refractivity contribution >= 4 is 21.8 Å². The van der Waals surface area contributed by atoms with E-state index in [4.69, 9.17) is 5.11 Å². The number of Topliss-reactive ketones (excluding diaryl/α,β-unsaturated/α-hetero) is 1. The SMILES string of the molecule is C=CCC(NS(=O)(=O)c1cccc(C(C)=O)c1)C(=O)O. The van der Waals surface area contributed by atoms with Gasteiger partial charge in [-0.3, -0.25) is 9.59 Å². The second-order valence-electron chi connectivity index (χ2n) is 4.12. The highest BCUT2D eigenvalue weighted by molar-refractivity contribution is 7.89. The molecule has 0 heterocycles. The van der Waals surface area contributed by atoms with Crippen LogP contribution in [-0.4, -0.2) is 31.3 Å². The van der Waals surface area contributed by atoms with Gasteiger partial charge in [-0.25, -0.2) is 8.42 Å². The summed E-state index contributed by atoms with van der Waals surface area (Å²) >= 11 is 0. The first-order chi connectivity index (χ1) is 9.27. The first-order valence-corrected chi connectivity index (χ1v) is 7.23. The fourth-order valence-corrected chi connectivity index (χ4v) is 2.75. The van der Waals surface area contributed by atoms with Crippen LogP contribution in [0.2, 0.25) is 0 Å². The van der Waals surface area contributed by atoms with Crippen LogP contribution >= 0.6 is 0 Å². The molecule has 2 N–H and O–H groups in total. The molecule has 0 aliphatic heterocycles. The van der Waals surface area contributed by atoms with Crippen molar-refractivity contribution in [1.82, 2.24) is 4.72 Å². The first kappa shape index (κ1) is 16.1. The van der Waals surface area contributed by atoms with E-state index in [0.29, 0.717) is 0 Å². The van der Waals surface area contributed by atoms with Crippen LogP contribution in [0.5, 0.6) is 0 Å². The quantitative estimate of drug-likeness (QED) is 0.581. The third kappa shape index (κ3) is 4.01. The Hall–Kier alpha value is -1.99. The molecule has 20 heavy (non-hydrogen) atoms. The molecular formula is C13H15NO5S. The summed E-state index contributed by atoms with van der Waals surface area (Å²) in [5.41, 5.74) is 0.239. The lowest BCUT2D eigenvalue weighted by atomic mass is 10.2. The number of hydrogen-bond acceptors (Lipinski definition) is 4. The summed E-state index contributed by atoms with van der Waals surface area (Å²) in [4.78, 5) is 22.0. The molecule has 0 bridgehead atoms. The van der Waals surface area contributed by atoms with Crippen LogP contribution in [0.1, 0.15) is 23.7 Å². The molecule has 1 atom stereocenters. The molecular weight excluding hydrogens is 282 g/mol. The van der Waals surface area contributed by atoms with Crippen LogP contribution in [0.25, 0.3) is 0 Å². The molecule has 1 aromatic rings. The van der Waals surface area contributed by atoms with Gasteiger partial charge in [0.25, 0.3) is 0 Å². The van der Waals surface area contributed by atoms with Crippen LogP contribution < -0.4 is 4.72 Å². The number of hydrogen-bond donors (Lipinski definition) is 2. The molecule has 0 saturated carbocycles. The van der Waals surface area contributed by atoms with Crippen LogP contribution in [-0.2, 0) is 14.8 Å². The van der Waals surface area contributed by atoms with Gasteiger partial charge in [-0.05, 0) is 25.5 Å². The lowest BCUT2D eigenvalue weighted by Crippen LogP contribution is -2.40. The Morgan fingerprint density at radius 2 is 2.10 bits per heavy atom. The second kappa shape index (κ2) is 6.44. The summed E-state index contributed by atoms with van der Waals surface area (Å²) in [6.07, 6.45) is 1.27. The van der Waals surface area contributed by atoms with E-state index < -0.39 is 22.0 Å². The third-order valence-electron chi connectivity index (χ3n) is 2.55. The van der Waals surface area contributed by atoms with Crippen molar-refractivity contribution in [3.8, 4) is 0 Å². The predicted molar refractivity (Wildman–Crippen MR) is 73.0 cm³/mol. The third-order valence-corrected chi connectivity index (χ3v) is 4.02. The zero-order valence-corrected chi connectivity index (χ0v) is 11.7. The average molecular weight is 297 g/mol. The second-order valence-corrected chi connectivity index (χ2v) is 5.83. The Labute approximate surface area is 117 Å². The van der Waals surface area contributed by atoms with E-state index in [9.17, 15) is 18.0 Å². The molecule has 0 aromatic heterocycles. The van der Waals surface area contributed by atoms with E-state index in [1.807, 2.05) is 0 Å². The summed E-state index contributed by atoms with van der Waals surface area (Å²) in [5.74, 6) is -1.57. The summed E-state index contributed by atoms with van der Waals surface area (Å²) in [5, 5.41) is 8.93. The van der Waals surface area contributed by atoms with E-state index in [1.54, 1.807) is 0 Å². The molecule has 0 aliphatic rings. The van der Waals surface area contributed by atoms with Gasteiger partial charge in [-0.15, -0.1) is 6.58 Å². The minimum Gasteiger partial charge on any atom is -0.480 e. The van der Waals surface area contributed by atoms with Gasteiger partial charge in [-0.1, -0.05) is 18.2 Å². The van der Waals surface area contributed by atoms with Crippen molar-refractivity contribution in [2.24, 2.45) is 0 Å². The van der Waals surface area contributed by atoms with Gasteiger partial charge in [-0.2, -0.15) is 4.72 Å². The van der Waals surface area contributed by atoms with Crippen molar-refractivity contribution in [2.75, 3.05) is 0 Å². The largest absolute Gasteiger partial charge is 0.480 e.